The third-order valence-electron chi connectivity index (χ3n) is 11.6. The maximum atomic E-state index is 12.8. The largest absolute Gasteiger partial charge is 0.462 e. The topological polar surface area (TPSA) is 78.9 Å². The van der Waals surface area contributed by atoms with E-state index < -0.39 is 6.10 Å². The maximum absolute atomic E-state index is 12.8. The predicted octanol–water partition coefficient (Wildman–Crippen LogP) is 18.5. The zero-order valence-corrected chi connectivity index (χ0v) is 43.6. The summed E-state index contributed by atoms with van der Waals surface area (Å²) in [7, 11) is 0. The van der Waals surface area contributed by atoms with Gasteiger partial charge in [-0.1, -0.05) is 234 Å². The first-order valence-corrected chi connectivity index (χ1v) is 27.7. The molecule has 0 aromatic carbocycles. The summed E-state index contributed by atoms with van der Waals surface area (Å²) < 4.78 is 16.7. The molecule has 0 aliphatic rings. The first-order chi connectivity index (χ1) is 33.0. The van der Waals surface area contributed by atoms with Crippen LogP contribution in [0, 0.1) is 0 Å². The van der Waals surface area contributed by atoms with Crippen LogP contribution in [0.2, 0.25) is 0 Å². The van der Waals surface area contributed by atoms with Crippen molar-refractivity contribution in [2.75, 3.05) is 13.2 Å². The van der Waals surface area contributed by atoms with E-state index in [1.54, 1.807) is 0 Å². The highest BCUT2D eigenvalue weighted by molar-refractivity contribution is 5.71. The summed E-state index contributed by atoms with van der Waals surface area (Å²) in [5.74, 6) is -0.971. The average molecular weight is 931 g/mol. The summed E-state index contributed by atoms with van der Waals surface area (Å²) in [6, 6.07) is 0. The van der Waals surface area contributed by atoms with Crippen LogP contribution in [0.25, 0.3) is 0 Å². The molecule has 0 bridgehead atoms. The van der Waals surface area contributed by atoms with E-state index in [1.165, 1.54) is 109 Å². The molecule has 0 fully saturated rings. The molecular weight excluding hydrogens is 829 g/mol. The van der Waals surface area contributed by atoms with Crippen LogP contribution in [-0.2, 0) is 28.6 Å². The molecule has 0 radical (unpaired) electrons. The van der Waals surface area contributed by atoms with E-state index >= 15 is 0 Å². The van der Waals surface area contributed by atoms with Gasteiger partial charge in [-0.05, 0) is 96.3 Å². The van der Waals surface area contributed by atoms with Crippen molar-refractivity contribution in [2.24, 2.45) is 0 Å². The van der Waals surface area contributed by atoms with E-state index in [0.29, 0.717) is 19.3 Å². The molecule has 6 nitrogen and oxygen atoms in total. The molecule has 0 saturated heterocycles. The molecule has 0 aliphatic heterocycles. The predicted molar refractivity (Wildman–Crippen MR) is 288 cm³/mol. The molecule has 1 unspecified atom stereocenters. The van der Waals surface area contributed by atoms with Crippen LogP contribution in [-0.4, -0.2) is 37.2 Å². The van der Waals surface area contributed by atoms with Crippen LogP contribution in [0.15, 0.2) is 97.2 Å². The Morgan fingerprint density at radius 2 is 0.597 bits per heavy atom. The van der Waals surface area contributed by atoms with E-state index in [0.717, 1.165) is 96.3 Å². The molecule has 0 rings (SSSR count). The minimum absolute atomic E-state index is 0.102. The number of unbranched alkanes of at least 4 members (excludes halogenated alkanes) is 22. The zero-order chi connectivity index (χ0) is 48.6. The number of esters is 3. The normalized spacial score (nSPS) is 12.8. The fourth-order valence-corrected chi connectivity index (χ4v) is 7.43. The smallest absolute Gasteiger partial charge is 0.306 e. The first kappa shape index (κ1) is 63.3. The second kappa shape index (κ2) is 54.9. The highest BCUT2D eigenvalue weighted by atomic mass is 16.6. The lowest BCUT2D eigenvalue weighted by Crippen LogP contribution is -2.30. The van der Waals surface area contributed by atoms with E-state index in [1.807, 2.05) is 0 Å². The molecular formula is C61H102O6. The Balaban J connectivity index is 4.37. The van der Waals surface area contributed by atoms with Gasteiger partial charge in [0.2, 0.25) is 0 Å². The molecule has 67 heavy (non-hydrogen) atoms. The van der Waals surface area contributed by atoms with Gasteiger partial charge in [0.25, 0.3) is 0 Å². The molecule has 0 aliphatic carbocycles. The maximum Gasteiger partial charge on any atom is 0.306 e. The van der Waals surface area contributed by atoms with Crippen LogP contribution in [0.5, 0.6) is 0 Å². The minimum Gasteiger partial charge on any atom is -0.462 e. The third-order valence-corrected chi connectivity index (χ3v) is 11.6. The Kier molecular flexibility index (Phi) is 51.9. The average Bonchev–Trinajstić information content (AvgIpc) is 3.33. The molecule has 0 aromatic rings. The zero-order valence-electron chi connectivity index (χ0n) is 43.6. The standard InChI is InChI=1S/C61H102O6/c1-4-7-10-13-16-19-21-23-25-27-28-29-30-31-32-34-35-37-39-42-45-48-51-54-60(63)66-57-58(56-65-59(62)53-50-47-44-41-18-15-12-9-6-3)67-61(64)55-52-49-46-43-40-38-36-33-26-24-22-20-17-14-11-8-5-2/h8,11,17,20-21,23-24,26-28,30-31,36,38,43,46,58H,4-7,9-10,12-16,18-19,22,25,29,32-35,37,39-42,44-45,47-57H2,1-3H3/b11-8-,20-17-,23-21-,26-24-,28-27-,31-30-,38-36-,46-43-. The lowest BCUT2D eigenvalue weighted by molar-refractivity contribution is -0.167. The fraction of sp³-hybridized carbons (Fsp3) is 0.689. The van der Waals surface area contributed by atoms with E-state index in [4.69, 9.17) is 14.2 Å². The highest BCUT2D eigenvalue weighted by Gasteiger charge is 2.19. The quantitative estimate of drug-likeness (QED) is 0.0262. The number of carbonyl (C=O) groups excluding carboxylic acids is 3. The Morgan fingerprint density at radius 1 is 0.313 bits per heavy atom. The van der Waals surface area contributed by atoms with Gasteiger partial charge in [-0.3, -0.25) is 14.4 Å². The van der Waals surface area contributed by atoms with Crippen molar-refractivity contribution in [2.45, 2.75) is 258 Å². The van der Waals surface area contributed by atoms with Gasteiger partial charge in [-0.15, -0.1) is 0 Å². The molecule has 382 valence electrons. The number of hydrogen-bond donors (Lipinski definition) is 0. The lowest BCUT2D eigenvalue weighted by Gasteiger charge is -2.18. The van der Waals surface area contributed by atoms with Crippen molar-refractivity contribution in [3.05, 3.63) is 97.2 Å². The monoisotopic (exact) mass is 931 g/mol. The van der Waals surface area contributed by atoms with Crippen LogP contribution in [0.3, 0.4) is 0 Å². The summed E-state index contributed by atoms with van der Waals surface area (Å²) in [4.78, 5) is 38.0. The second-order valence-electron chi connectivity index (χ2n) is 18.1. The van der Waals surface area contributed by atoms with Crippen molar-refractivity contribution in [1.82, 2.24) is 0 Å². The van der Waals surface area contributed by atoms with Gasteiger partial charge >= 0.3 is 17.9 Å². The van der Waals surface area contributed by atoms with Crippen LogP contribution in [0.1, 0.15) is 252 Å². The molecule has 1 atom stereocenters. The molecule has 0 amide bonds. The van der Waals surface area contributed by atoms with Crippen LogP contribution >= 0.6 is 0 Å². The lowest BCUT2D eigenvalue weighted by atomic mass is 10.1. The fourth-order valence-electron chi connectivity index (χ4n) is 7.43. The van der Waals surface area contributed by atoms with Gasteiger partial charge in [0.15, 0.2) is 6.10 Å². The summed E-state index contributed by atoms with van der Waals surface area (Å²) >= 11 is 0. The molecule has 0 heterocycles. The molecule has 0 saturated carbocycles. The minimum atomic E-state index is -0.809. The Hall–Kier alpha value is -3.67. The van der Waals surface area contributed by atoms with Gasteiger partial charge in [0, 0.05) is 19.3 Å². The molecule has 6 heteroatoms. The summed E-state index contributed by atoms with van der Waals surface area (Å²) in [6.07, 6.45) is 72.7. The number of carbonyl (C=O) groups is 3. The Labute approximate surface area is 413 Å². The molecule has 0 N–H and O–H groups in total. The van der Waals surface area contributed by atoms with Crippen LogP contribution in [0.4, 0.5) is 0 Å². The van der Waals surface area contributed by atoms with Gasteiger partial charge in [-0.2, -0.15) is 0 Å². The van der Waals surface area contributed by atoms with Crippen molar-refractivity contribution in [3.8, 4) is 0 Å². The second-order valence-corrected chi connectivity index (χ2v) is 18.1. The highest BCUT2D eigenvalue weighted by Crippen LogP contribution is 2.14. The van der Waals surface area contributed by atoms with Crippen molar-refractivity contribution < 1.29 is 28.6 Å². The first-order valence-electron chi connectivity index (χ1n) is 27.7. The number of hydrogen-bond acceptors (Lipinski definition) is 6. The van der Waals surface area contributed by atoms with Gasteiger partial charge in [0.05, 0.1) is 0 Å². The van der Waals surface area contributed by atoms with Crippen molar-refractivity contribution in [3.63, 3.8) is 0 Å². The number of rotatable bonds is 49. The molecule has 0 spiro atoms. The third kappa shape index (κ3) is 53.2. The summed E-state index contributed by atoms with van der Waals surface area (Å²) in [6.45, 7) is 6.44. The SMILES string of the molecule is CC/C=C\C/C=C\C/C=C\C/C=C\C/C=C\CCCC(=O)OC(COC(=O)CCCCCCCCCCC)COC(=O)CCCCCCCCCC/C=C\C/C=C\C/C=C\CCCCCCC. The summed E-state index contributed by atoms with van der Waals surface area (Å²) in [5.41, 5.74) is 0. The Morgan fingerprint density at radius 3 is 0.955 bits per heavy atom. The van der Waals surface area contributed by atoms with E-state index in [-0.39, 0.29) is 37.5 Å². The number of allylic oxidation sites excluding steroid dienone is 16. The van der Waals surface area contributed by atoms with Gasteiger partial charge in [0.1, 0.15) is 13.2 Å². The van der Waals surface area contributed by atoms with Crippen molar-refractivity contribution in [1.29, 1.82) is 0 Å². The number of ether oxygens (including phenoxy) is 3. The van der Waals surface area contributed by atoms with Crippen LogP contribution < -0.4 is 0 Å². The van der Waals surface area contributed by atoms with E-state index in [2.05, 4.69) is 118 Å². The molecule has 0 aromatic heterocycles. The van der Waals surface area contributed by atoms with E-state index in [9.17, 15) is 14.4 Å². The van der Waals surface area contributed by atoms with Gasteiger partial charge in [-0.25, -0.2) is 0 Å². The summed E-state index contributed by atoms with van der Waals surface area (Å²) in [5, 5.41) is 0. The van der Waals surface area contributed by atoms with Crippen molar-refractivity contribution >= 4 is 17.9 Å². The van der Waals surface area contributed by atoms with Gasteiger partial charge < -0.3 is 14.2 Å². The Bertz CT molecular complexity index is 1350.